The van der Waals surface area contributed by atoms with Gasteiger partial charge in [-0.05, 0) is 56.2 Å². The Balaban J connectivity index is 2.07. The van der Waals surface area contributed by atoms with Crippen LogP contribution >= 0.6 is 23.2 Å². The van der Waals surface area contributed by atoms with Crippen LogP contribution in [0, 0.1) is 13.8 Å². The van der Waals surface area contributed by atoms with Crippen molar-refractivity contribution in [2.45, 2.75) is 26.9 Å². The summed E-state index contributed by atoms with van der Waals surface area (Å²) in [6, 6.07) is 10.9. The Morgan fingerprint density at radius 2 is 1.77 bits per heavy atom. The second kappa shape index (κ2) is 7.03. The molecule has 0 aliphatic carbocycles. The van der Waals surface area contributed by atoms with E-state index in [-0.39, 0.29) is 5.91 Å². The SMILES string of the molecule is Cc1cc(C)cc(O[C@H](C)C(=O)Nc2cccc(Cl)c2Cl)c1. The second-order valence-corrected chi connectivity index (χ2v) is 5.96. The lowest BCUT2D eigenvalue weighted by molar-refractivity contribution is -0.122. The van der Waals surface area contributed by atoms with Crippen LogP contribution in [-0.2, 0) is 4.79 Å². The predicted molar refractivity (Wildman–Crippen MR) is 91.1 cm³/mol. The van der Waals surface area contributed by atoms with E-state index in [1.54, 1.807) is 25.1 Å². The molecule has 0 saturated heterocycles. The summed E-state index contributed by atoms with van der Waals surface area (Å²) >= 11 is 12.0. The fourth-order valence-electron chi connectivity index (χ4n) is 2.09. The van der Waals surface area contributed by atoms with Gasteiger partial charge in [0.25, 0.3) is 5.91 Å². The van der Waals surface area contributed by atoms with Gasteiger partial charge in [0, 0.05) is 0 Å². The number of nitrogens with one attached hydrogen (secondary N) is 1. The molecule has 1 atom stereocenters. The summed E-state index contributed by atoms with van der Waals surface area (Å²) in [4.78, 5) is 12.2. The number of hydrogen-bond donors (Lipinski definition) is 1. The van der Waals surface area contributed by atoms with Crippen LogP contribution in [0.2, 0.25) is 10.0 Å². The van der Waals surface area contributed by atoms with Crippen LogP contribution in [0.3, 0.4) is 0 Å². The Labute approximate surface area is 140 Å². The van der Waals surface area contributed by atoms with E-state index >= 15 is 0 Å². The van der Waals surface area contributed by atoms with E-state index in [0.717, 1.165) is 11.1 Å². The maximum Gasteiger partial charge on any atom is 0.265 e. The van der Waals surface area contributed by atoms with E-state index in [9.17, 15) is 4.79 Å². The molecule has 0 unspecified atom stereocenters. The number of anilines is 1. The number of rotatable bonds is 4. The van der Waals surface area contributed by atoms with Gasteiger partial charge >= 0.3 is 0 Å². The third kappa shape index (κ3) is 4.15. The van der Waals surface area contributed by atoms with E-state index in [1.165, 1.54) is 0 Å². The van der Waals surface area contributed by atoms with E-state index in [1.807, 2.05) is 32.0 Å². The first-order chi connectivity index (χ1) is 10.4. The highest BCUT2D eigenvalue weighted by Gasteiger charge is 2.17. The van der Waals surface area contributed by atoms with Gasteiger partial charge in [-0.25, -0.2) is 0 Å². The van der Waals surface area contributed by atoms with Crippen LogP contribution in [0.15, 0.2) is 36.4 Å². The minimum absolute atomic E-state index is 0.289. The smallest absolute Gasteiger partial charge is 0.265 e. The zero-order valence-corrected chi connectivity index (χ0v) is 14.1. The Morgan fingerprint density at radius 3 is 2.41 bits per heavy atom. The Hall–Kier alpha value is -1.71. The van der Waals surface area contributed by atoms with Crippen LogP contribution in [0.5, 0.6) is 5.75 Å². The van der Waals surface area contributed by atoms with Gasteiger partial charge in [-0.15, -0.1) is 0 Å². The van der Waals surface area contributed by atoms with Crippen molar-refractivity contribution < 1.29 is 9.53 Å². The van der Waals surface area contributed by atoms with E-state index in [4.69, 9.17) is 27.9 Å². The van der Waals surface area contributed by atoms with E-state index < -0.39 is 6.10 Å². The maximum absolute atomic E-state index is 12.2. The highest BCUT2D eigenvalue weighted by Crippen LogP contribution is 2.29. The summed E-state index contributed by atoms with van der Waals surface area (Å²) in [6.45, 7) is 5.65. The minimum atomic E-state index is -0.656. The fraction of sp³-hybridized carbons (Fsp3) is 0.235. The molecule has 1 N–H and O–H groups in total. The first-order valence-corrected chi connectivity index (χ1v) is 7.62. The highest BCUT2D eigenvalue weighted by atomic mass is 35.5. The van der Waals surface area contributed by atoms with Gasteiger partial charge < -0.3 is 10.1 Å². The molecular formula is C17H17Cl2NO2. The summed E-state index contributed by atoms with van der Waals surface area (Å²) in [6.07, 6.45) is -0.656. The molecule has 0 heterocycles. The van der Waals surface area contributed by atoms with Gasteiger partial charge in [-0.3, -0.25) is 4.79 Å². The lowest BCUT2D eigenvalue weighted by Gasteiger charge is -2.16. The molecule has 0 bridgehead atoms. The number of hydrogen-bond acceptors (Lipinski definition) is 2. The highest BCUT2D eigenvalue weighted by molar-refractivity contribution is 6.44. The third-order valence-electron chi connectivity index (χ3n) is 3.09. The van der Waals surface area contributed by atoms with E-state index in [0.29, 0.717) is 21.5 Å². The standard InChI is InChI=1S/C17H17Cl2NO2/c1-10-7-11(2)9-13(8-10)22-12(3)17(21)20-15-6-4-5-14(18)16(15)19/h4-9,12H,1-3H3,(H,20,21)/t12-/m1/s1. The number of amides is 1. The summed E-state index contributed by atoms with van der Waals surface area (Å²) in [5.41, 5.74) is 2.64. The van der Waals surface area contributed by atoms with Gasteiger partial charge in [-0.2, -0.15) is 0 Å². The van der Waals surface area contributed by atoms with Gasteiger partial charge in [-0.1, -0.05) is 35.3 Å². The predicted octanol–water partition coefficient (Wildman–Crippen LogP) is 5.02. The normalized spacial score (nSPS) is 11.9. The van der Waals surface area contributed by atoms with Crippen molar-refractivity contribution in [3.63, 3.8) is 0 Å². The number of carbonyl (C=O) groups excluding carboxylic acids is 1. The zero-order chi connectivity index (χ0) is 16.3. The molecule has 0 aromatic heterocycles. The number of carbonyl (C=O) groups is 1. The maximum atomic E-state index is 12.2. The number of benzene rings is 2. The van der Waals surface area contributed by atoms with Crippen molar-refractivity contribution in [3.05, 3.63) is 57.6 Å². The van der Waals surface area contributed by atoms with Crippen LogP contribution in [0.4, 0.5) is 5.69 Å². The van der Waals surface area contributed by atoms with Crippen LogP contribution in [-0.4, -0.2) is 12.0 Å². The van der Waals surface area contributed by atoms with Gasteiger partial charge in [0.05, 0.1) is 15.7 Å². The second-order valence-electron chi connectivity index (χ2n) is 5.17. The lowest BCUT2D eigenvalue weighted by atomic mass is 10.1. The molecule has 0 aliphatic heterocycles. The summed E-state index contributed by atoms with van der Waals surface area (Å²) in [5.74, 6) is 0.376. The van der Waals surface area contributed by atoms with Crippen LogP contribution in [0.25, 0.3) is 0 Å². The van der Waals surface area contributed by atoms with Crippen molar-refractivity contribution >= 4 is 34.8 Å². The summed E-state index contributed by atoms with van der Waals surface area (Å²) < 4.78 is 5.69. The first-order valence-electron chi connectivity index (χ1n) is 6.86. The van der Waals surface area contributed by atoms with Gasteiger partial charge in [0.15, 0.2) is 6.10 Å². The molecular weight excluding hydrogens is 321 g/mol. The zero-order valence-electron chi connectivity index (χ0n) is 12.6. The van der Waals surface area contributed by atoms with Crippen molar-refractivity contribution in [2.75, 3.05) is 5.32 Å². The molecule has 1 amide bonds. The Kier molecular flexibility index (Phi) is 5.33. The van der Waals surface area contributed by atoms with E-state index in [2.05, 4.69) is 5.32 Å². The van der Waals surface area contributed by atoms with Crippen molar-refractivity contribution in [1.82, 2.24) is 0 Å². The molecule has 2 aromatic rings. The molecule has 0 aliphatic rings. The molecule has 22 heavy (non-hydrogen) atoms. The molecule has 0 spiro atoms. The third-order valence-corrected chi connectivity index (χ3v) is 3.91. The molecule has 0 radical (unpaired) electrons. The largest absolute Gasteiger partial charge is 0.481 e. The summed E-state index contributed by atoms with van der Waals surface area (Å²) in [7, 11) is 0. The quantitative estimate of drug-likeness (QED) is 0.850. The topological polar surface area (TPSA) is 38.3 Å². The number of aryl methyl sites for hydroxylation is 2. The molecule has 2 aromatic carbocycles. The number of ether oxygens (including phenoxy) is 1. The number of halogens is 2. The summed E-state index contributed by atoms with van der Waals surface area (Å²) in [5, 5.41) is 3.43. The lowest BCUT2D eigenvalue weighted by Crippen LogP contribution is -2.30. The van der Waals surface area contributed by atoms with Gasteiger partial charge in [0.1, 0.15) is 5.75 Å². The van der Waals surface area contributed by atoms with Crippen LogP contribution < -0.4 is 10.1 Å². The average Bonchev–Trinajstić information content (AvgIpc) is 2.42. The monoisotopic (exact) mass is 337 g/mol. The van der Waals surface area contributed by atoms with Gasteiger partial charge in [0.2, 0.25) is 0 Å². The fourth-order valence-corrected chi connectivity index (χ4v) is 2.44. The molecule has 2 rings (SSSR count). The van der Waals surface area contributed by atoms with Crippen molar-refractivity contribution in [2.24, 2.45) is 0 Å². The van der Waals surface area contributed by atoms with Crippen molar-refractivity contribution in [3.8, 4) is 5.75 Å². The Morgan fingerprint density at radius 1 is 1.14 bits per heavy atom. The molecule has 116 valence electrons. The minimum Gasteiger partial charge on any atom is -0.481 e. The first kappa shape index (κ1) is 16.7. The van der Waals surface area contributed by atoms with Crippen LogP contribution in [0.1, 0.15) is 18.1 Å². The molecule has 5 heteroatoms. The molecule has 0 saturated carbocycles. The van der Waals surface area contributed by atoms with Crippen molar-refractivity contribution in [1.29, 1.82) is 0 Å². The Bertz CT molecular complexity index is 681. The molecule has 3 nitrogen and oxygen atoms in total. The molecule has 0 fully saturated rings. The average molecular weight is 338 g/mol.